The van der Waals surface area contributed by atoms with Crippen LogP contribution >= 0.6 is 15.9 Å². The van der Waals surface area contributed by atoms with Crippen molar-refractivity contribution in [2.24, 2.45) is 7.05 Å². The van der Waals surface area contributed by atoms with E-state index in [0.29, 0.717) is 5.69 Å². The minimum atomic E-state index is 0.650. The first-order valence-electron chi connectivity index (χ1n) is 5.36. The molecule has 1 heterocycles. The predicted octanol–water partition coefficient (Wildman–Crippen LogP) is 2.84. The summed E-state index contributed by atoms with van der Waals surface area (Å²) in [5.41, 5.74) is 2.75. The Kier molecular flexibility index (Phi) is 3.60. The lowest BCUT2D eigenvalue weighted by molar-refractivity contribution is 0.883. The average Bonchev–Trinajstić information content (AvgIpc) is 2.69. The van der Waals surface area contributed by atoms with Gasteiger partial charge in [0.05, 0.1) is 12.0 Å². The summed E-state index contributed by atoms with van der Waals surface area (Å²) < 4.78 is 2.87. The molecule has 4 heteroatoms. The van der Waals surface area contributed by atoms with Crippen molar-refractivity contribution in [2.45, 2.75) is 12.8 Å². The number of nitrogens with zero attached hydrogens (tertiary/aromatic N) is 3. The molecule has 2 rings (SSSR count). The van der Waals surface area contributed by atoms with Crippen molar-refractivity contribution in [1.29, 1.82) is 5.26 Å². The number of hydrogen-bond donors (Lipinski definition) is 0. The van der Waals surface area contributed by atoms with Crippen LogP contribution in [-0.2, 0) is 19.9 Å². The third-order valence-electron chi connectivity index (χ3n) is 2.71. The third kappa shape index (κ3) is 2.56. The molecule has 0 fully saturated rings. The fourth-order valence-electron chi connectivity index (χ4n) is 1.76. The van der Waals surface area contributed by atoms with E-state index >= 15 is 0 Å². The van der Waals surface area contributed by atoms with Crippen LogP contribution in [-0.4, -0.2) is 9.55 Å². The Morgan fingerprint density at radius 1 is 1.35 bits per heavy atom. The van der Waals surface area contributed by atoms with Crippen molar-refractivity contribution < 1.29 is 0 Å². The quantitative estimate of drug-likeness (QED) is 0.872. The number of benzene rings is 1. The molecule has 0 bridgehead atoms. The molecule has 0 atom stereocenters. The first kappa shape index (κ1) is 11.9. The summed E-state index contributed by atoms with van der Waals surface area (Å²) in [6, 6.07) is 10.3. The van der Waals surface area contributed by atoms with Gasteiger partial charge in [-0.3, -0.25) is 0 Å². The third-order valence-corrected chi connectivity index (χ3v) is 3.48. The normalized spacial score (nSPS) is 10.2. The van der Waals surface area contributed by atoms with Gasteiger partial charge in [0.1, 0.15) is 11.8 Å². The first-order valence-corrected chi connectivity index (χ1v) is 6.15. The Labute approximate surface area is 109 Å². The number of aryl methyl sites for hydroxylation is 3. The largest absolute Gasteiger partial charge is 0.325 e. The summed E-state index contributed by atoms with van der Waals surface area (Å²) in [5, 5.41) is 9.02. The molecule has 0 aliphatic carbocycles. The molecule has 86 valence electrons. The summed E-state index contributed by atoms with van der Waals surface area (Å²) in [4.78, 5) is 4.26. The van der Waals surface area contributed by atoms with Gasteiger partial charge >= 0.3 is 0 Å². The van der Waals surface area contributed by atoms with Crippen molar-refractivity contribution in [3.8, 4) is 6.07 Å². The van der Waals surface area contributed by atoms with Gasteiger partial charge in [-0.2, -0.15) is 5.26 Å². The van der Waals surface area contributed by atoms with E-state index in [0.717, 1.165) is 23.0 Å². The fourth-order valence-corrected chi connectivity index (χ4v) is 2.24. The standard InChI is InChI=1S/C13H12BrN3/c1-17-9-16-12(13(17)8-15)7-6-10-4-2-3-5-11(10)14/h2-5,9H,6-7H2,1H3. The fraction of sp³-hybridized carbons (Fsp3) is 0.231. The van der Waals surface area contributed by atoms with E-state index in [1.165, 1.54) is 5.56 Å². The highest BCUT2D eigenvalue weighted by atomic mass is 79.9. The Balaban J connectivity index is 2.13. The van der Waals surface area contributed by atoms with Crippen LogP contribution in [0.2, 0.25) is 0 Å². The van der Waals surface area contributed by atoms with Crippen molar-refractivity contribution in [3.05, 3.63) is 52.0 Å². The van der Waals surface area contributed by atoms with Crippen LogP contribution in [0.4, 0.5) is 0 Å². The van der Waals surface area contributed by atoms with Crippen LogP contribution in [0.5, 0.6) is 0 Å². The van der Waals surface area contributed by atoms with Gasteiger partial charge in [-0.25, -0.2) is 4.98 Å². The minimum Gasteiger partial charge on any atom is -0.325 e. The molecule has 2 aromatic rings. The molecule has 0 saturated heterocycles. The first-order chi connectivity index (χ1) is 8.22. The van der Waals surface area contributed by atoms with Crippen molar-refractivity contribution in [3.63, 3.8) is 0 Å². The summed E-state index contributed by atoms with van der Waals surface area (Å²) in [6.07, 6.45) is 3.35. The highest BCUT2D eigenvalue weighted by Gasteiger charge is 2.08. The summed E-state index contributed by atoms with van der Waals surface area (Å²) in [6.45, 7) is 0. The van der Waals surface area contributed by atoms with Gasteiger partial charge < -0.3 is 4.57 Å². The Morgan fingerprint density at radius 3 is 2.82 bits per heavy atom. The monoisotopic (exact) mass is 289 g/mol. The molecular weight excluding hydrogens is 278 g/mol. The maximum Gasteiger partial charge on any atom is 0.142 e. The van der Waals surface area contributed by atoms with Gasteiger partial charge in [-0.05, 0) is 24.5 Å². The van der Waals surface area contributed by atoms with Crippen molar-refractivity contribution >= 4 is 15.9 Å². The van der Waals surface area contributed by atoms with Gasteiger partial charge in [-0.15, -0.1) is 0 Å². The molecule has 0 N–H and O–H groups in total. The van der Waals surface area contributed by atoms with Gasteiger partial charge in [0.25, 0.3) is 0 Å². The predicted molar refractivity (Wildman–Crippen MR) is 69.5 cm³/mol. The molecular formula is C13H12BrN3. The Hall–Kier alpha value is -1.60. The molecule has 0 saturated carbocycles. The van der Waals surface area contributed by atoms with Gasteiger partial charge in [0.2, 0.25) is 0 Å². The zero-order chi connectivity index (χ0) is 12.3. The average molecular weight is 290 g/mol. The lowest BCUT2D eigenvalue weighted by Crippen LogP contribution is -1.97. The molecule has 17 heavy (non-hydrogen) atoms. The highest BCUT2D eigenvalue weighted by Crippen LogP contribution is 2.18. The van der Waals surface area contributed by atoms with Crippen molar-refractivity contribution in [2.75, 3.05) is 0 Å². The van der Waals surface area contributed by atoms with E-state index in [1.807, 2.05) is 25.2 Å². The topological polar surface area (TPSA) is 41.6 Å². The number of rotatable bonds is 3. The SMILES string of the molecule is Cn1cnc(CCc2ccccc2Br)c1C#N. The summed E-state index contributed by atoms with van der Waals surface area (Å²) >= 11 is 3.52. The molecule has 0 aliphatic rings. The van der Waals surface area contributed by atoms with E-state index in [2.05, 4.69) is 33.0 Å². The van der Waals surface area contributed by atoms with E-state index in [4.69, 9.17) is 5.26 Å². The van der Waals surface area contributed by atoms with Crippen molar-refractivity contribution in [1.82, 2.24) is 9.55 Å². The second kappa shape index (κ2) is 5.15. The smallest absolute Gasteiger partial charge is 0.142 e. The van der Waals surface area contributed by atoms with Gasteiger partial charge in [-0.1, -0.05) is 34.1 Å². The Bertz CT molecular complexity index is 566. The zero-order valence-electron chi connectivity index (χ0n) is 9.52. The van der Waals surface area contributed by atoms with Gasteiger partial charge in [0, 0.05) is 11.5 Å². The number of nitriles is 1. The maximum absolute atomic E-state index is 9.02. The molecule has 1 aromatic carbocycles. The molecule has 0 amide bonds. The second-order valence-electron chi connectivity index (χ2n) is 3.85. The van der Waals surface area contributed by atoms with E-state index in [1.54, 1.807) is 10.9 Å². The molecule has 0 radical (unpaired) electrons. The highest BCUT2D eigenvalue weighted by molar-refractivity contribution is 9.10. The molecule has 1 aromatic heterocycles. The van der Waals surface area contributed by atoms with Crippen LogP contribution in [0.15, 0.2) is 35.1 Å². The number of hydrogen-bond acceptors (Lipinski definition) is 2. The lowest BCUT2D eigenvalue weighted by Gasteiger charge is -2.03. The van der Waals surface area contributed by atoms with E-state index in [9.17, 15) is 0 Å². The lowest BCUT2D eigenvalue weighted by atomic mass is 10.1. The van der Waals surface area contributed by atoms with Crippen LogP contribution in [0.1, 0.15) is 17.0 Å². The second-order valence-corrected chi connectivity index (χ2v) is 4.71. The van der Waals surface area contributed by atoms with Crippen LogP contribution in [0, 0.1) is 11.3 Å². The summed E-state index contributed by atoms with van der Waals surface area (Å²) in [7, 11) is 1.84. The maximum atomic E-state index is 9.02. The molecule has 0 unspecified atom stereocenters. The van der Waals surface area contributed by atoms with E-state index < -0.39 is 0 Å². The number of aromatic nitrogens is 2. The van der Waals surface area contributed by atoms with E-state index in [-0.39, 0.29) is 0 Å². The van der Waals surface area contributed by atoms with Crippen LogP contribution in [0.3, 0.4) is 0 Å². The van der Waals surface area contributed by atoms with Crippen LogP contribution in [0.25, 0.3) is 0 Å². The van der Waals surface area contributed by atoms with Gasteiger partial charge in [0.15, 0.2) is 0 Å². The zero-order valence-corrected chi connectivity index (χ0v) is 11.1. The molecule has 3 nitrogen and oxygen atoms in total. The Morgan fingerprint density at radius 2 is 2.12 bits per heavy atom. The number of imidazole rings is 1. The summed E-state index contributed by atoms with van der Waals surface area (Å²) in [5.74, 6) is 0. The molecule has 0 spiro atoms. The number of halogens is 1. The van der Waals surface area contributed by atoms with Crippen LogP contribution < -0.4 is 0 Å². The molecule has 0 aliphatic heterocycles. The minimum absolute atomic E-state index is 0.650.